The van der Waals surface area contributed by atoms with Crippen LogP contribution in [0.1, 0.15) is 45.4 Å². The van der Waals surface area contributed by atoms with Crippen molar-refractivity contribution in [2.75, 3.05) is 6.61 Å². The first kappa shape index (κ1) is 11.5. The summed E-state index contributed by atoms with van der Waals surface area (Å²) in [7, 11) is 0. The van der Waals surface area contributed by atoms with Crippen LogP contribution in [0.3, 0.4) is 0 Å². The van der Waals surface area contributed by atoms with Gasteiger partial charge in [-0.05, 0) is 19.3 Å². The lowest BCUT2D eigenvalue weighted by Gasteiger charge is -2.22. The second-order valence-electron chi connectivity index (χ2n) is 3.96. The molecule has 0 amide bonds. The second kappa shape index (κ2) is 5.99. The van der Waals surface area contributed by atoms with Crippen molar-refractivity contribution >= 4 is 5.97 Å². The van der Waals surface area contributed by atoms with Gasteiger partial charge in [-0.3, -0.25) is 0 Å². The fourth-order valence-corrected chi connectivity index (χ4v) is 2.04. The van der Waals surface area contributed by atoms with Crippen LogP contribution in [0.4, 0.5) is 4.39 Å². The lowest BCUT2D eigenvalue weighted by molar-refractivity contribution is -0.149. The lowest BCUT2D eigenvalue weighted by atomic mass is 9.86. The van der Waals surface area contributed by atoms with Gasteiger partial charge < -0.3 is 4.74 Å². The second-order valence-corrected chi connectivity index (χ2v) is 3.96. The fraction of sp³-hybridized carbons (Fsp3) is 0.909. The Morgan fingerprint density at radius 1 is 1.43 bits per heavy atom. The molecule has 0 aromatic heterocycles. The van der Waals surface area contributed by atoms with Crippen molar-refractivity contribution in [1.82, 2.24) is 0 Å². The van der Waals surface area contributed by atoms with Crippen molar-refractivity contribution < 1.29 is 13.9 Å². The summed E-state index contributed by atoms with van der Waals surface area (Å²) >= 11 is 0. The molecule has 0 heterocycles. The summed E-state index contributed by atoms with van der Waals surface area (Å²) in [5.74, 6) is -0.291. The topological polar surface area (TPSA) is 26.3 Å². The van der Waals surface area contributed by atoms with E-state index in [1.165, 1.54) is 19.3 Å². The van der Waals surface area contributed by atoms with Crippen molar-refractivity contribution in [3.05, 3.63) is 0 Å². The van der Waals surface area contributed by atoms with Gasteiger partial charge in [0.05, 0.1) is 6.61 Å². The van der Waals surface area contributed by atoms with Gasteiger partial charge in [0.2, 0.25) is 0 Å². The summed E-state index contributed by atoms with van der Waals surface area (Å²) in [6.07, 6.45) is 4.71. The molecular formula is C11H19FO2. The first-order chi connectivity index (χ1) is 6.74. The minimum atomic E-state index is -1.40. The third kappa shape index (κ3) is 3.64. The van der Waals surface area contributed by atoms with Crippen LogP contribution in [0, 0.1) is 5.92 Å². The molecule has 0 saturated heterocycles. The number of carbonyl (C=O) groups excluding carboxylic acids is 1. The molecule has 0 aromatic carbocycles. The smallest absolute Gasteiger partial charge is 0.340 e. The Bertz CT molecular complexity index is 176. The maximum Gasteiger partial charge on any atom is 0.340 e. The molecule has 82 valence electrons. The van der Waals surface area contributed by atoms with E-state index in [-0.39, 0.29) is 6.61 Å². The summed E-state index contributed by atoms with van der Waals surface area (Å²) in [5.41, 5.74) is 0. The number of alkyl halides is 1. The van der Waals surface area contributed by atoms with E-state index in [1.807, 2.05) is 0 Å². The van der Waals surface area contributed by atoms with Crippen LogP contribution in [0.5, 0.6) is 0 Å². The van der Waals surface area contributed by atoms with E-state index < -0.39 is 12.1 Å². The highest BCUT2D eigenvalue weighted by Crippen LogP contribution is 2.28. The molecule has 1 atom stereocenters. The molecule has 14 heavy (non-hydrogen) atoms. The number of rotatable bonds is 4. The highest BCUT2D eigenvalue weighted by atomic mass is 19.1. The van der Waals surface area contributed by atoms with E-state index in [2.05, 4.69) is 4.74 Å². The van der Waals surface area contributed by atoms with Crippen LogP contribution in [-0.4, -0.2) is 18.7 Å². The minimum absolute atomic E-state index is 0.268. The lowest BCUT2D eigenvalue weighted by Crippen LogP contribution is -2.23. The van der Waals surface area contributed by atoms with Gasteiger partial charge in [-0.1, -0.05) is 32.1 Å². The maximum atomic E-state index is 13.3. The van der Waals surface area contributed by atoms with Crippen molar-refractivity contribution in [1.29, 1.82) is 0 Å². The van der Waals surface area contributed by atoms with Gasteiger partial charge in [0.1, 0.15) is 0 Å². The monoisotopic (exact) mass is 202 g/mol. The van der Waals surface area contributed by atoms with Crippen molar-refractivity contribution in [3.63, 3.8) is 0 Å². The van der Waals surface area contributed by atoms with Crippen LogP contribution < -0.4 is 0 Å². The third-order valence-corrected chi connectivity index (χ3v) is 2.81. The zero-order valence-electron chi connectivity index (χ0n) is 8.80. The van der Waals surface area contributed by atoms with Gasteiger partial charge in [-0.25, -0.2) is 9.18 Å². The van der Waals surface area contributed by atoms with Gasteiger partial charge >= 0.3 is 5.97 Å². The molecule has 0 aromatic rings. The number of carbonyl (C=O) groups is 1. The quantitative estimate of drug-likeness (QED) is 0.655. The van der Waals surface area contributed by atoms with E-state index in [9.17, 15) is 9.18 Å². The zero-order chi connectivity index (χ0) is 10.4. The molecule has 0 spiro atoms. The van der Waals surface area contributed by atoms with E-state index >= 15 is 0 Å². The highest BCUT2D eigenvalue weighted by Gasteiger charge is 2.24. The average Bonchev–Trinajstić information content (AvgIpc) is 2.19. The van der Waals surface area contributed by atoms with Gasteiger partial charge in [0.15, 0.2) is 6.17 Å². The molecule has 1 rings (SSSR count). The van der Waals surface area contributed by atoms with Gasteiger partial charge in [-0.15, -0.1) is 0 Å². The van der Waals surface area contributed by atoms with E-state index in [4.69, 9.17) is 0 Å². The van der Waals surface area contributed by atoms with E-state index in [1.54, 1.807) is 6.92 Å². The molecular weight excluding hydrogens is 183 g/mol. The standard InChI is InChI=1S/C11H19FO2/c1-2-14-11(13)10(12)8-9-6-4-3-5-7-9/h9-10H,2-8H2,1H3/t10-/m1/s1. The Morgan fingerprint density at radius 2 is 2.07 bits per heavy atom. The Kier molecular flexibility index (Phi) is 4.91. The van der Waals surface area contributed by atoms with Crippen molar-refractivity contribution in [2.24, 2.45) is 5.92 Å². The SMILES string of the molecule is CCOC(=O)[C@H](F)CC1CCCCC1. The Hall–Kier alpha value is -0.600. The van der Waals surface area contributed by atoms with Crippen LogP contribution in [0.15, 0.2) is 0 Å². The molecule has 0 bridgehead atoms. The van der Waals surface area contributed by atoms with Crippen LogP contribution in [0.25, 0.3) is 0 Å². The summed E-state index contributed by atoms with van der Waals surface area (Å²) in [6.45, 7) is 1.97. The average molecular weight is 202 g/mol. The minimum Gasteiger partial charge on any atom is -0.464 e. The molecule has 0 N–H and O–H groups in total. The summed E-state index contributed by atoms with van der Waals surface area (Å²) in [6, 6.07) is 0. The van der Waals surface area contributed by atoms with Crippen molar-refractivity contribution in [2.45, 2.75) is 51.6 Å². The first-order valence-electron chi connectivity index (χ1n) is 5.54. The summed E-state index contributed by atoms with van der Waals surface area (Å²) in [5, 5.41) is 0. The molecule has 0 radical (unpaired) electrons. The van der Waals surface area contributed by atoms with Gasteiger partial charge in [0, 0.05) is 0 Å². The number of hydrogen-bond donors (Lipinski definition) is 0. The Labute approximate surface area is 84.8 Å². The number of esters is 1. The number of halogens is 1. The number of hydrogen-bond acceptors (Lipinski definition) is 2. The summed E-state index contributed by atoms with van der Waals surface area (Å²) < 4.78 is 17.9. The molecule has 1 aliphatic carbocycles. The molecule has 1 saturated carbocycles. The Morgan fingerprint density at radius 3 is 2.64 bits per heavy atom. The molecule has 1 fully saturated rings. The van der Waals surface area contributed by atoms with Gasteiger partial charge in [0.25, 0.3) is 0 Å². The largest absolute Gasteiger partial charge is 0.464 e. The summed E-state index contributed by atoms with van der Waals surface area (Å²) in [4.78, 5) is 11.0. The predicted octanol–water partition coefficient (Wildman–Crippen LogP) is 2.86. The fourth-order valence-electron chi connectivity index (χ4n) is 2.04. The molecule has 3 heteroatoms. The molecule has 0 aliphatic heterocycles. The first-order valence-corrected chi connectivity index (χ1v) is 5.54. The molecule has 1 aliphatic rings. The van der Waals surface area contributed by atoms with Crippen LogP contribution >= 0.6 is 0 Å². The normalized spacial score (nSPS) is 20.4. The van der Waals surface area contributed by atoms with Crippen molar-refractivity contribution in [3.8, 4) is 0 Å². The third-order valence-electron chi connectivity index (χ3n) is 2.81. The van der Waals surface area contributed by atoms with Crippen LogP contribution in [0.2, 0.25) is 0 Å². The van der Waals surface area contributed by atoms with E-state index in [0.29, 0.717) is 12.3 Å². The maximum absolute atomic E-state index is 13.3. The Balaban J connectivity index is 2.24. The molecule has 0 unspecified atom stereocenters. The highest BCUT2D eigenvalue weighted by molar-refractivity contribution is 5.74. The van der Waals surface area contributed by atoms with Gasteiger partial charge in [-0.2, -0.15) is 0 Å². The number of ether oxygens (including phenoxy) is 1. The van der Waals surface area contributed by atoms with E-state index in [0.717, 1.165) is 12.8 Å². The van der Waals surface area contributed by atoms with Crippen LogP contribution in [-0.2, 0) is 9.53 Å². The molecule has 2 nitrogen and oxygen atoms in total. The zero-order valence-corrected chi connectivity index (χ0v) is 8.80. The predicted molar refractivity (Wildman–Crippen MR) is 52.7 cm³/mol.